The van der Waals surface area contributed by atoms with Crippen LogP contribution in [0.2, 0.25) is 0 Å². The number of rotatable bonds is 8. The first-order valence-electron chi connectivity index (χ1n) is 13.3. The molecule has 0 radical (unpaired) electrons. The lowest BCUT2D eigenvalue weighted by Gasteiger charge is -2.32. The molecule has 0 spiro atoms. The van der Waals surface area contributed by atoms with Gasteiger partial charge in [0.1, 0.15) is 17.5 Å². The van der Waals surface area contributed by atoms with Crippen LogP contribution < -0.4 is 15.4 Å². The van der Waals surface area contributed by atoms with Crippen molar-refractivity contribution in [1.82, 2.24) is 20.5 Å². The summed E-state index contributed by atoms with van der Waals surface area (Å²) in [6, 6.07) is 4.77. The van der Waals surface area contributed by atoms with Gasteiger partial charge in [-0.25, -0.2) is 0 Å². The van der Waals surface area contributed by atoms with Gasteiger partial charge in [-0.2, -0.15) is 8.42 Å². The smallest absolute Gasteiger partial charge is 0.294 e. The van der Waals surface area contributed by atoms with E-state index in [9.17, 15) is 32.5 Å². The maximum atomic E-state index is 13.7. The van der Waals surface area contributed by atoms with Gasteiger partial charge in [0.2, 0.25) is 17.3 Å². The molecule has 212 valence electrons. The van der Waals surface area contributed by atoms with Crippen molar-refractivity contribution in [3.8, 4) is 5.75 Å². The molecule has 12 nitrogen and oxygen atoms in total. The van der Waals surface area contributed by atoms with Gasteiger partial charge in [0.25, 0.3) is 16.0 Å². The fourth-order valence-electron chi connectivity index (χ4n) is 6.51. The molecule has 2 aliphatic heterocycles. The molecule has 5 N–H and O–H groups in total. The van der Waals surface area contributed by atoms with E-state index in [4.69, 9.17) is 4.74 Å². The summed E-state index contributed by atoms with van der Waals surface area (Å²) in [7, 11) is -3.40. The lowest BCUT2D eigenvalue weighted by Crippen LogP contribution is -2.56. The molecule has 0 bridgehead atoms. The van der Waals surface area contributed by atoms with Crippen molar-refractivity contribution in [3.63, 3.8) is 0 Å². The minimum atomic E-state index is -4.94. The number of amides is 3. The van der Waals surface area contributed by atoms with Crippen molar-refractivity contribution in [2.24, 2.45) is 17.8 Å². The Kier molecular flexibility index (Phi) is 7.57. The number of fused-ring (bicyclic) bond motifs is 2. The van der Waals surface area contributed by atoms with Gasteiger partial charge in [0.05, 0.1) is 13.2 Å². The number of hydrogen-bond donors (Lipinski definition) is 5. The number of aliphatic hydroxyl groups is 1. The lowest BCUT2D eigenvalue weighted by molar-refractivity contribution is -0.130. The standard InChI is InChI=1S/C26H34N4O8S/c1-38-21-9-3-8-18-17(21)12-19(28-18)25(33)30-13-15-5-2-7-16(15)22(30)24(32)29-20(26(34)39(35,36)37)11-14-6-4-10-27-23(14)31/h3,8-9,12,14-16,20,22,26,28,34H,2,4-7,10-11,13H2,1H3,(H,27,31)(H,29,32)(H,35,36,37)/t14-,15-,16-,20-,22-,26?/m0/s1. The van der Waals surface area contributed by atoms with Crippen LogP contribution in [0.1, 0.15) is 49.0 Å². The van der Waals surface area contributed by atoms with Crippen molar-refractivity contribution in [1.29, 1.82) is 0 Å². The molecule has 1 saturated carbocycles. The number of aromatic nitrogens is 1. The number of likely N-dealkylation sites (tertiary alicyclic amines) is 1. The highest BCUT2D eigenvalue weighted by atomic mass is 32.2. The number of ether oxygens (including phenoxy) is 1. The quantitative estimate of drug-likeness (QED) is 0.296. The Morgan fingerprint density at radius 3 is 2.74 bits per heavy atom. The van der Waals surface area contributed by atoms with Gasteiger partial charge < -0.3 is 30.4 Å². The van der Waals surface area contributed by atoms with E-state index in [1.807, 2.05) is 6.07 Å². The largest absolute Gasteiger partial charge is 0.496 e. The van der Waals surface area contributed by atoms with Gasteiger partial charge in [0.15, 0.2) is 0 Å². The first-order chi connectivity index (χ1) is 18.6. The molecule has 6 atom stereocenters. The molecule has 3 amide bonds. The van der Waals surface area contributed by atoms with Crippen LogP contribution in [0, 0.1) is 17.8 Å². The molecular weight excluding hydrogens is 528 g/mol. The predicted octanol–water partition coefficient (Wildman–Crippen LogP) is 1.02. The molecule has 1 aromatic carbocycles. The number of nitrogens with zero attached hydrogens (tertiary/aromatic N) is 1. The molecule has 1 aromatic heterocycles. The van der Waals surface area contributed by atoms with Crippen LogP contribution in [0.5, 0.6) is 5.75 Å². The molecule has 2 aromatic rings. The summed E-state index contributed by atoms with van der Waals surface area (Å²) in [5.74, 6) is -1.35. The zero-order valence-electron chi connectivity index (χ0n) is 21.6. The van der Waals surface area contributed by atoms with E-state index >= 15 is 0 Å². The number of benzene rings is 1. The first-order valence-corrected chi connectivity index (χ1v) is 14.8. The summed E-state index contributed by atoms with van der Waals surface area (Å²) >= 11 is 0. The maximum Gasteiger partial charge on any atom is 0.294 e. The number of carbonyl (C=O) groups excluding carboxylic acids is 3. The Bertz CT molecular complexity index is 1380. The van der Waals surface area contributed by atoms with Crippen molar-refractivity contribution >= 4 is 38.7 Å². The van der Waals surface area contributed by atoms with Gasteiger partial charge in [-0.1, -0.05) is 12.5 Å². The Labute approximate surface area is 226 Å². The molecule has 3 aliphatic rings. The molecule has 2 saturated heterocycles. The summed E-state index contributed by atoms with van der Waals surface area (Å²) in [4.78, 5) is 44.4. The zero-order chi connectivity index (χ0) is 27.9. The minimum Gasteiger partial charge on any atom is -0.496 e. The molecule has 13 heteroatoms. The van der Waals surface area contributed by atoms with Crippen LogP contribution in [0.4, 0.5) is 0 Å². The number of aromatic amines is 1. The highest BCUT2D eigenvalue weighted by Gasteiger charge is 2.50. The minimum absolute atomic E-state index is 0.109. The third-order valence-corrected chi connectivity index (χ3v) is 9.35. The highest BCUT2D eigenvalue weighted by molar-refractivity contribution is 7.86. The van der Waals surface area contributed by atoms with E-state index in [-0.39, 0.29) is 30.1 Å². The second-order valence-corrected chi connectivity index (χ2v) is 12.3. The fraction of sp³-hybridized carbons (Fsp3) is 0.577. The lowest BCUT2D eigenvalue weighted by atomic mass is 9.90. The topological polar surface area (TPSA) is 178 Å². The van der Waals surface area contributed by atoms with E-state index in [1.54, 1.807) is 25.3 Å². The second kappa shape index (κ2) is 10.8. The molecular formula is C26H34N4O8S. The molecule has 1 aliphatic carbocycles. The van der Waals surface area contributed by atoms with Crippen LogP contribution in [-0.2, 0) is 19.7 Å². The average molecular weight is 563 g/mol. The number of carbonyl (C=O) groups is 3. The average Bonchev–Trinajstić information content (AvgIpc) is 3.62. The number of aliphatic hydroxyl groups excluding tert-OH is 1. The van der Waals surface area contributed by atoms with Gasteiger partial charge in [-0.3, -0.25) is 18.9 Å². The van der Waals surface area contributed by atoms with Gasteiger partial charge >= 0.3 is 0 Å². The van der Waals surface area contributed by atoms with E-state index < -0.39 is 39.5 Å². The molecule has 5 rings (SSSR count). The number of H-pyrrole nitrogens is 1. The summed E-state index contributed by atoms with van der Waals surface area (Å²) < 4.78 is 38.7. The fourth-order valence-corrected chi connectivity index (χ4v) is 7.11. The summed E-state index contributed by atoms with van der Waals surface area (Å²) in [5, 5.41) is 16.5. The van der Waals surface area contributed by atoms with E-state index in [2.05, 4.69) is 15.6 Å². The predicted molar refractivity (Wildman–Crippen MR) is 140 cm³/mol. The number of nitrogens with one attached hydrogen (secondary N) is 3. The van der Waals surface area contributed by atoms with E-state index in [0.29, 0.717) is 42.9 Å². The first kappa shape index (κ1) is 27.4. The Balaban J connectivity index is 1.42. The molecule has 39 heavy (non-hydrogen) atoms. The Morgan fingerprint density at radius 2 is 2.03 bits per heavy atom. The molecule has 1 unspecified atom stereocenters. The highest BCUT2D eigenvalue weighted by Crippen LogP contribution is 2.43. The number of hydrogen-bond acceptors (Lipinski definition) is 7. The normalized spacial score (nSPS) is 26.6. The SMILES string of the molecule is COc1cccc2[nH]c(C(=O)N3C[C@@H]4CCC[C@@H]4[C@H]3C(=O)N[C@@H](C[C@@H]3CCCNC3=O)C(O)S(=O)(=O)O)cc12. The van der Waals surface area contributed by atoms with Gasteiger partial charge in [-0.15, -0.1) is 0 Å². The van der Waals surface area contributed by atoms with Gasteiger partial charge in [-0.05, 0) is 62.1 Å². The molecule has 3 heterocycles. The Morgan fingerprint density at radius 1 is 1.23 bits per heavy atom. The van der Waals surface area contributed by atoms with Crippen LogP contribution in [-0.4, -0.2) is 83.4 Å². The van der Waals surface area contributed by atoms with Crippen LogP contribution in [0.3, 0.4) is 0 Å². The third kappa shape index (κ3) is 5.35. The van der Waals surface area contributed by atoms with Crippen molar-refractivity contribution < 1.29 is 37.2 Å². The second-order valence-electron chi connectivity index (χ2n) is 10.7. The summed E-state index contributed by atoms with van der Waals surface area (Å²) in [6.45, 7) is 0.861. The van der Waals surface area contributed by atoms with Crippen molar-refractivity contribution in [2.75, 3.05) is 20.2 Å². The zero-order valence-corrected chi connectivity index (χ0v) is 22.4. The number of methoxy groups -OCH3 is 1. The monoisotopic (exact) mass is 562 g/mol. The van der Waals surface area contributed by atoms with Crippen molar-refractivity contribution in [2.45, 2.75) is 56.0 Å². The van der Waals surface area contributed by atoms with Crippen molar-refractivity contribution in [3.05, 3.63) is 30.0 Å². The Hall–Kier alpha value is -3.16. The van der Waals surface area contributed by atoms with E-state index in [1.165, 1.54) is 4.90 Å². The van der Waals surface area contributed by atoms with Crippen LogP contribution >= 0.6 is 0 Å². The van der Waals surface area contributed by atoms with Crippen LogP contribution in [0.25, 0.3) is 10.9 Å². The van der Waals surface area contributed by atoms with E-state index in [0.717, 1.165) is 24.6 Å². The van der Waals surface area contributed by atoms with Gasteiger partial charge in [0, 0.05) is 29.9 Å². The summed E-state index contributed by atoms with van der Waals surface area (Å²) in [5.41, 5.74) is -1.32. The number of piperidine rings is 1. The van der Waals surface area contributed by atoms with Crippen LogP contribution in [0.15, 0.2) is 24.3 Å². The molecule has 3 fully saturated rings. The maximum absolute atomic E-state index is 13.7. The third-order valence-electron chi connectivity index (χ3n) is 8.41. The summed E-state index contributed by atoms with van der Waals surface area (Å²) in [6.07, 6.45) is 3.45.